The predicted octanol–water partition coefficient (Wildman–Crippen LogP) is 1.05. The largest absolute Gasteiger partial charge is 0.353 e. The van der Waals surface area contributed by atoms with Crippen LogP contribution in [0.4, 0.5) is 11.5 Å². The highest BCUT2D eigenvalue weighted by atomic mass is 16.6. The Morgan fingerprint density at radius 1 is 1.68 bits per heavy atom. The van der Waals surface area contributed by atoms with Gasteiger partial charge in [0.2, 0.25) is 5.69 Å². The zero-order valence-electron chi connectivity index (χ0n) is 10.7. The molecular weight excluding hydrogens is 246 g/mol. The minimum Gasteiger partial charge on any atom is -0.353 e. The number of nitrogens with one attached hydrogen (secondary N) is 1. The van der Waals surface area contributed by atoms with E-state index in [-0.39, 0.29) is 11.4 Å². The number of hydrogen-bond acceptors (Lipinski definition) is 6. The van der Waals surface area contributed by atoms with Crippen molar-refractivity contribution in [2.24, 2.45) is 0 Å². The first-order valence-corrected chi connectivity index (χ1v) is 6.20. The van der Waals surface area contributed by atoms with Crippen molar-refractivity contribution in [2.75, 3.05) is 24.5 Å². The molecule has 0 saturated carbocycles. The molecule has 2 rings (SSSR count). The smallest absolute Gasteiger partial charge is 0.305 e. The Labute approximate surface area is 111 Å². The number of nitriles is 1. The summed E-state index contributed by atoms with van der Waals surface area (Å²) in [5, 5.41) is 23.0. The Balaban J connectivity index is 2.33. The molecule has 1 aromatic heterocycles. The van der Waals surface area contributed by atoms with Crippen LogP contribution in [-0.2, 0) is 0 Å². The van der Waals surface area contributed by atoms with E-state index >= 15 is 0 Å². The van der Waals surface area contributed by atoms with Crippen LogP contribution in [0.5, 0.6) is 0 Å². The molecule has 1 fully saturated rings. The number of pyridine rings is 1. The van der Waals surface area contributed by atoms with Crippen molar-refractivity contribution in [3.05, 3.63) is 27.9 Å². The zero-order valence-corrected chi connectivity index (χ0v) is 10.7. The van der Waals surface area contributed by atoms with Gasteiger partial charge in [0.25, 0.3) is 0 Å². The Bertz CT molecular complexity index is 519. The quantitative estimate of drug-likeness (QED) is 0.643. The molecule has 1 atom stereocenters. The molecule has 1 aromatic rings. The van der Waals surface area contributed by atoms with Gasteiger partial charge in [0.1, 0.15) is 11.9 Å². The standard InChI is InChI=1S/C12H15N5O2/c1-2-16(9-5-6-14-8-9)12-4-3-11(17(18)19)10(7-13)15-12/h3-4,9,14H,2,5-6,8H2,1H3. The van der Waals surface area contributed by atoms with Gasteiger partial charge in [0.15, 0.2) is 0 Å². The van der Waals surface area contributed by atoms with E-state index in [2.05, 4.69) is 15.2 Å². The summed E-state index contributed by atoms with van der Waals surface area (Å²) in [6, 6.07) is 5.08. The first kappa shape index (κ1) is 13.2. The van der Waals surface area contributed by atoms with Crippen LogP contribution in [0.25, 0.3) is 0 Å². The molecule has 2 heterocycles. The summed E-state index contributed by atoms with van der Waals surface area (Å²) >= 11 is 0. The Hall–Kier alpha value is -2.20. The maximum atomic E-state index is 10.8. The van der Waals surface area contributed by atoms with E-state index in [1.807, 2.05) is 6.92 Å². The maximum absolute atomic E-state index is 10.8. The lowest BCUT2D eigenvalue weighted by molar-refractivity contribution is -0.385. The molecule has 1 aliphatic heterocycles. The molecular formula is C12H15N5O2. The lowest BCUT2D eigenvalue weighted by Crippen LogP contribution is -2.37. The summed E-state index contributed by atoms with van der Waals surface area (Å²) in [4.78, 5) is 16.4. The second-order valence-corrected chi connectivity index (χ2v) is 4.34. The number of hydrogen-bond donors (Lipinski definition) is 1. The molecule has 7 heteroatoms. The third kappa shape index (κ3) is 2.63. The average molecular weight is 261 g/mol. The molecule has 7 nitrogen and oxygen atoms in total. The Kier molecular flexibility index (Phi) is 3.92. The first-order valence-electron chi connectivity index (χ1n) is 6.20. The molecule has 1 unspecified atom stereocenters. The van der Waals surface area contributed by atoms with Gasteiger partial charge in [0, 0.05) is 25.2 Å². The summed E-state index contributed by atoms with van der Waals surface area (Å²) in [5.74, 6) is 0.623. The third-order valence-corrected chi connectivity index (χ3v) is 3.27. The topological polar surface area (TPSA) is 95.1 Å². The fourth-order valence-electron chi connectivity index (χ4n) is 2.34. The first-order chi connectivity index (χ1) is 9.17. The van der Waals surface area contributed by atoms with Gasteiger partial charge in [-0.25, -0.2) is 4.98 Å². The van der Waals surface area contributed by atoms with Crippen LogP contribution < -0.4 is 10.2 Å². The van der Waals surface area contributed by atoms with Crippen molar-refractivity contribution in [2.45, 2.75) is 19.4 Å². The van der Waals surface area contributed by atoms with Gasteiger partial charge >= 0.3 is 5.69 Å². The highest BCUT2D eigenvalue weighted by molar-refractivity contribution is 5.52. The number of likely N-dealkylation sites (N-methyl/N-ethyl adjacent to an activating group) is 1. The van der Waals surface area contributed by atoms with Crippen molar-refractivity contribution < 1.29 is 4.92 Å². The molecule has 0 spiro atoms. The molecule has 1 N–H and O–H groups in total. The molecule has 0 bridgehead atoms. The number of anilines is 1. The maximum Gasteiger partial charge on any atom is 0.305 e. The number of nitro groups is 1. The summed E-state index contributed by atoms with van der Waals surface area (Å²) in [6.07, 6.45) is 1.01. The van der Waals surface area contributed by atoms with E-state index in [0.29, 0.717) is 11.9 Å². The summed E-state index contributed by atoms with van der Waals surface area (Å²) in [6.45, 7) is 4.59. The van der Waals surface area contributed by atoms with Gasteiger partial charge < -0.3 is 10.2 Å². The van der Waals surface area contributed by atoms with Crippen LogP contribution in [-0.4, -0.2) is 35.6 Å². The number of aromatic nitrogens is 1. The van der Waals surface area contributed by atoms with Crippen molar-refractivity contribution >= 4 is 11.5 Å². The van der Waals surface area contributed by atoms with Crippen LogP contribution in [0.3, 0.4) is 0 Å². The predicted molar refractivity (Wildman–Crippen MR) is 69.9 cm³/mol. The van der Waals surface area contributed by atoms with Gasteiger partial charge in [-0.2, -0.15) is 5.26 Å². The molecule has 0 radical (unpaired) electrons. The molecule has 0 aliphatic carbocycles. The van der Waals surface area contributed by atoms with Crippen molar-refractivity contribution in [1.82, 2.24) is 10.3 Å². The van der Waals surface area contributed by atoms with Crippen LogP contribution in [0, 0.1) is 21.4 Å². The highest BCUT2D eigenvalue weighted by Gasteiger charge is 2.24. The minimum absolute atomic E-state index is 0.132. The summed E-state index contributed by atoms with van der Waals surface area (Å²) < 4.78 is 0. The molecule has 100 valence electrons. The number of nitrogens with zero attached hydrogens (tertiary/aromatic N) is 4. The summed E-state index contributed by atoms with van der Waals surface area (Å²) in [5.41, 5.74) is -0.376. The fourth-order valence-corrected chi connectivity index (χ4v) is 2.34. The number of rotatable bonds is 4. The van der Waals surface area contributed by atoms with Crippen molar-refractivity contribution in [3.8, 4) is 6.07 Å². The average Bonchev–Trinajstić information content (AvgIpc) is 2.93. The van der Waals surface area contributed by atoms with E-state index in [1.165, 1.54) is 6.07 Å². The molecule has 1 saturated heterocycles. The molecule has 0 aromatic carbocycles. The lowest BCUT2D eigenvalue weighted by atomic mass is 10.2. The van der Waals surface area contributed by atoms with Crippen molar-refractivity contribution in [3.63, 3.8) is 0 Å². The fraction of sp³-hybridized carbons (Fsp3) is 0.500. The van der Waals surface area contributed by atoms with Gasteiger partial charge in [0.05, 0.1) is 4.92 Å². The van der Waals surface area contributed by atoms with Crippen LogP contribution in [0.1, 0.15) is 19.0 Å². The Morgan fingerprint density at radius 3 is 3.00 bits per heavy atom. The second kappa shape index (κ2) is 5.63. The van der Waals surface area contributed by atoms with Crippen LogP contribution >= 0.6 is 0 Å². The normalized spacial score (nSPS) is 18.0. The monoisotopic (exact) mass is 261 g/mol. The Morgan fingerprint density at radius 2 is 2.47 bits per heavy atom. The molecule has 19 heavy (non-hydrogen) atoms. The van der Waals surface area contributed by atoms with Crippen LogP contribution in [0.2, 0.25) is 0 Å². The SMILES string of the molecule is CCN(c1ccc([N+](=O)[O-])c(C#N)n1)C1CCNC1. The molecule has 0 amide bonds. The highest BCUT2D eigenvalue weighted by Crippen LogP contribution is 2.23. The van der Waals surface area contributed by atoms with Gasteiger partial charge in [-0.15, -0.1) is 0 Å². The lowest BCUT2D eigenvalue weighted by Gasteiger charge is -2.28. The van der Waals surface area contributed by atoms with Crippen molar-refractivity contribution in [1.29, 1.82) is 5.26 Å². The van der Waals surface area contributed by atoms with Gasteiger partial charge in [-0.3, -0.25) is 10.1 Å². The van der Waals surface area contributed by atoms with E-state index in [4.69, 9.17) is 5.26 Å². The van der Waals surface area contributed by atoms with Gasteiger partial charge in [-0.05, 0) is 26.0 Å². The van der Waals surface area contributed by atoms with E-state index in [1.54, 1.807) is 12.1 Å². The third-order valence-electron chi connectivity index (χ3n) is 3.27. The summed E-state index contributed by atoms with van der Waals surface area (Å²) in [7, 11) is 0. The minimum atomic E-state index is -0.581. The van der Waals surface area contributed by atoms with E-state index in [0.717, 1.165) is 26.1 Å². The molecule has 1 aliphatic rings. The van der Waals surface area contributed by atoms with Crippen LogP contribution in [0.15, 0.2) is 12.1 Å². The van der Waals surface area contributed by atoms with Gasteiger partial charge in [-0.1, -0.05) is 0 Å². The zero-order chi connectivity index (χ0) is 13.8. The second-order valence-electron chi connectivity index (χ2n) is 4.34. The van der Waals surface area contributed by atoms with E-state index in [9.17, 15) is 10.1 Å². The van der Waals surface area contributed by atoms with E-state index < -0.39 is 4.92 Å².